The maximum absolute atomic E-state index is 13.7. The molecule has 0 heterocycles. The Bertz CT molecular complexity index is 1350. The highest BCUT2D eigenvalue weighted by Crippen LogP contribution is 2.77. The van der Waals surface area contributed by atoms with Crippen molar-refractivity contribution < 1.29 is 29.0 Å². The van der Waals surface area contributed by atoms with Crippen molar-refractivity contribution in [3.63, 3.8) is 0 Å². The minimum Gasteiger partial charge on any atom is -0.462 e. The molecule has 4 fully saturated rings. The van der Waals surface area contributed by atoms with Crippen molar-refractivity contribution in [3.8, 4) is 0 Å². The number of ketones is 1. The van der Waals surface area contributed by atoms with Crippen LogP contribution in [0.1, 0.15) is 147 Å². The fourth-order valence-corrected chi connectivity index (χ4v) is 12.6. The number of carbonyl (C=O) groups excluding carboxylic acids is 3. The lowest BCUT2D eigenvalue weighted by Gasteiger charge is -2.72. The van der Waals surface area contributed by atoms with E-state index in [-0.39, 0.29) is 70.3 Å². The summed E-state index contributed by atoms with van der Waals surface area (Å²) in [7, 11) is 0. The summed E-state index contributed by atoms with van der Waals surface area (Å²) in [5, 5.41) is 11.4. The van der Waals surface area contributed by atoms with Crippen LogP contribution in [0.25, 0.3) is 0 Å². The van der Waals surface area contributed by atoms with Crippen molar-refractivity contribution >= 4 is 17.7 Å². The van der Waals surface area contributed by atoms with E-state index in [1.807, 2.05) is 20.8 Å². The highest BCUT2D eigenvalue weighted by Gasteiger charge is 2.70. The van der Waals surface area contributed by atoms with Crippen LogP contribution in [0.2, 0.25) is 0 Å². The Kier molecular flexibility index (Phi) is 9.32. The fourth-order valence-electron chi connectivity index (χ4n) is 12.6. The zero-order valence-corrected chi connectivity index (χ0v) is 32.3. The Morgan fingerprint density at radius 3 is 2.12 bits per heavy atom. The normalized spacial score (nSPS) is 40.0. The second-order valence-electron chi connectivity index (χ2n) is 20.0. The molecule has 0 spiro atoms. The molecule has 9 unspecified atom stereocenters. The number of esters is 2. The number of aliphatic hydroxyl groups excluding tert-OH is 1. The molecule has 48 heavy (non-hydrogen) atoms. The molecular weight excluding hydrogens is 602 g/mol. The predicted octanol–water partition coefficient (Wildman–Crippen LogP) is 7.96. The first-order valence-corrected chi connectivity index (χ1v) is 19.0. The van der Waals surface area contributed by atoms with E-state index in [1.54, 1.807) is 13.8 Å². The van der Waals surface area contributed by atoms with E-state index in [4.69, 9.17) is 15.2 Å². The molecule has 272 valence electrons. The van der Waals surface area contributed by atoms with Gasteiger partial charge in [-0.2, -0.15) is 0 Å². The SMILES string of the molecule is CC(C)C1=C2C3CCC4C5(C)CCC(OC(=O)CC(C)(C)C(=O)OC(C)(C)C)C(C)(C)C5CCC4(C)C3(C)CCC2(C(O)CN)CC1=O. The predicted molar refractivity (Wildman–Crippen MR) is 189 cm³/mol. The van der Waals surface area contributed by atoms with Gasteiger partial charge in [0, 0.05) is 23.8 Å². The summed E-state index contributed by atoms with van der Waals surface area (Å²) in [6.07, 6.45) is 7.46. The van der Waals surface area contributed by atoms with Gasteiger partial charge >= 0.3 is 11.9 Å². The second kappa shape index (κ2) is 11.9. The van der Waals surface area contributed by atoms with Gasteiger partial charge in [-0.3, -0.25) is 14.4 Å². The van der Waals surface area contributed by atoms with Crippen LogP contribution in [0.3, 0.4) is 0 Å². The van der Waals surface area contributed by atoms with Crippen molar-refractivity contribution in [3.05, 3.63) is 11.1 Å². The molecule has 5 aliphatic carbocycles. The maximum Gasteiger partial charge on any atom is 0.312 e. The first-order chi connectivity index (χ1) is 21.9. The highest BCUT2D eigenvalue weighted by molar-refractivity contribution is 6.00. The largest absolute Gasteiger partial charge is 0.462 e. The smallest absolute Gasteiger partial charge is 0.312 e. The molecule has 7 nitrogen and oxygen atoms in total. The van der Waals surface area contributed by atoms with E-state index in [1.165, 1.54) is 5.57 Å². The lowest BCUT2D eigenvalue weighted by molar-refractivity contribution is -0.235. The van der Waals surface area contributed by atoms with Gasteiger partial charge in [-0.25, -0.2) is 0 Å². The van der Waals surface area contributed by atoms with Crippen LogP contribution in [-0.2, 0) is 23.9 Å². The third-order valence-corrected chi connectivity index (χ3v) is 15.1. The number of hydrogen-bond donors (Lipinski definition) is 2. The molecule has 5 rings (SSSR count). The van der Waals surface area contributed by atoms with Gasteiger partial charge in [0.1, 0.15) is 11.7 Å². The van der Waals surface area contributed by atoms with Crippen LogP contribution < -0.4 is 5.73 Å². The molecule has 0 amide bonds. The van der Waals surface area contributed by atoms with Gasteiger partial charge in [0.25, 0.3) is 0 Å². The number of ether oxygens (including phenoxy) is 2. The first kappa shape index (κ1) is 37.5. The topological polar surface area (TPSA) is 116 Å². The number of Topliss-reactive ketones (excluding diaryl/α,β-unsaturated/α-hetero) is 1. The molecule has 0 bridgehead atoms. The minimum absolute atomic E-state index is 0.00602. The monoisotopic (exact) mass is 669 g/mol. The van der Waals surface area contributed by atoms with Gasteiger partial charge in [0.15, 0.2) is 5.78 Å². The maximum atomic E-state index is 13.7. The van der Waals surface area contributed by atoms with Gasteiger partial charge in [-0.1, -0.05) is 54.0 Å². The number of rotatable bonds is 7. The molecule has 9 atom stereocenters. The number of nitrogens with two attached hydrogens (primary N) is 1. The van der Waals surface area contributed by atoms with Crippen LogP contribution in [0, 0.1) is 56.2 Å². The van der Waals surface area contributed by atoms with Crippen LogP contribution in [0.15, 0.2) is 11.1 Å². The molecule has 0 radical (unpaired) electrons. The lowest BCUT2D eigenvalue weighted by atomic mass is 9.33. The number of fused-ring (bicyclic) bond motifs is 7. The van der Waals surface area contributed by atoms with E-state index < -0.39 is 22.5 Å². The Balaban J connectivity index is 1.40. The van der Waals surface area contributed by atoms with E-state index in [2.05, 4.69) is 48.5 Å². The quantitative estimate of drug-likeness (QED) is 0.264. The lowest BCUT2D eigenvalue weighted by Crippen LogP contribution is -2.66. The number of carbonyl (C=O) groups is 3. The summed E-state index contributed by atoms with van der Waals surface area (Å²) < 4.78 is 11.9. The average molecular weight is 670 g/mol. The highest BCUT2D eigenvalue weighted by atomic mass is 16.6. The van der Waals surface area contributed by atoms with Crippen molar-refractivity contribution in [2.24, 2.45) is 61.9 Å². The number of aliphatic hydroxyl groups is 1. The number of allylic oxidation sites excluding steroid dienone is 1. The summed E-state index contributed by atoms with van der Waals surface area (Å²) in [5.41, 5.74) is 6.28. The van der Waals surface area contributed by atoms with Crippen molar-refractivity contribution in [2.45, 2.75) is 165 Å². The van der Waals surface area contributed by atoms with Crippen LogP contribution >= 0.6 is 0 Å². The van der Waals surface area contributed by atoms with Crippen molar-refractivity contribution in [1.82, 2.24) is 0 Å². The summed E-state index contributed by atoms with van der Waals surface area (Å²) >= 11 is 0. The Morgan fingerprint density at radius 1 is 0.896 bits per heavy atom. The molecule has 4 saturated carbocycles. The third-order valence-electron chi connectivity index (χ3n) is 15.1. The Hall–Kier alpha value is -1.73. The summed E-state index contributed by atoms with van der Waals surface area (Å²) in [5.74, 6) is 0.836. The summed E-state index contributed by atoms with van der Waals surface area (Å²) in [6, 6.07) is 0. The Morgan fingerprint density at radius 2 is 1.54 bits per heavy atom. The molecule has 7 heteroatoms. The molecule has 0 aliphatic heterocycles. The molecule has 5 aliphatic rings. The van der Waals surface area contributed by atoms with Gasteiger partial charge in [-0.05, 0) is 131 Å². The van der Waals surface area contributed by atoms with Crippen molar-refractivity contribution in [1.29, 1.82) is 0 Å². The standard InChI is InChI=1S/C41H67NO6/c1-24(2)32-26(43)21-41(29(44)23-42)20-19-39(11)25(33(32)41)13-14-28-38(10)17-16-30(37(8,9)27(38)15-18-40(28,39)12)47-31(45)22-36(6,7)34(46)48-35(3,4)5/h24-25,27-30,44H,13-23,42H2,1-12H3. The molecule has 0 aromatic rings. The molecule has 0 aromatic heterocycles. The average Bonchev–Trinajstić information content (AvgIpc) is 3.26. The van der Waals surface area contributed by atoms with Gasteiger partial charge in [-0.15, -0.1) is 0 Å². The fraction of sp³-hybridized carbons (Fsp3) is 0.878. The minimum atomic E-state index is -0.967. The van der Waals surface area contributed by atoms with E-state index in [9.17, 15) is 19.5 Å². The van der Waals surface area contributed by atoms with Crippen molar-refractivity contribution in [2.75, 3.05) is 6.54 Å². The van der Waals surface area contributed by atoms with E-state index in [0.29, 0.717) is 18.3 Å². The summed E-state index contributed by atoms with van der Waals surface area (Å²) in [6.45, 7) is 25.7. The number of hydrogen-bond acceptors (Lipinski definition) is 7. The molecule has 3 N–H and O–H groups in total. The van der Waals surface area contributed by atoms with Gasteiger partial charge in [0.2, 0.25) is 0 Å². The second-order valence-corrected chi connectivity index (χ2v) is 20.0. The van der Waals surface area contributed by atoms with E-state index >= 15 is 0 Å². The summed E-state index contributed by atoms with van der Waals surface area (Å²) in [4.78, 5) is 39.9. The molecule has 0 aromatic carbocycles. The van der Waals surface area contributed by atoms with E-state index in [0.717, 1.165) is 56.9 Å². The van der Waals surface area contributed by atoms with Gasteiger partial charge in [0.05, 0.1) is 17.9 Å². The zero-order chi connectivity index (χ0) is 36.0. The zero-order valence-electron chi connectivity index (χ0n) is 32.3. The Labute approximate surface area is 290 Å². The molecule has 0 saturated heterocycles. The van der Waals surface area contributed by atoms with Crippen LogP contribution in [0.4, 0.5) is 0 Å². The van der Waals surface area contributed by atoms with Crippen LogP contribution in [0.5, 0.6) is 0 Å². The first-order valence-electron chi connectivity index (χ1n) is 19.0. The third kappa shape index (κ3) is 5.54. The van der Waals surface area contributed by atoms with Crippen LogP contribution in [-0.4, -0.2) is 47.2 Å². The van der Waals surface area contributed by atoms with Gasteiger partial charge < -0.3 is 20.3 Å². The molecular formula is C41H67NO6.